The average molecular weight is 256 g/mol. The molecule has 0 aromatic heterocycles. The quantitative estimate of drug-likeness (QED) is 0.236. The van der Waals surface area contributed by atoms with Crippen LogP contribution in [0.3, 0.4) is 0 Å². The highest BCUT2D eigenvalue weighted by Gasteiger charge is 2.22. The lowest BCUT2D eigenvalue weighted by Crippen LogP contribution is -2.19. The van der Waals surface area contributed by atoms with E-state index in [4.69, 9.17) is 5.53 Å². The molecule has 4 heteroatoms. The second-order valence-corrected chi connectivity index (χ2v) is 4.21. The van der Waals surface area contributed by atoms with Crippen molar-refractivity contribution in [3.05, 3.63) is 54.1 Å². The van der Waals surface area contributed by atoms with E-state index < -0.39 is 5.92 Å². The van der Waals surface area contributed by atoms with Gasteiger partial charge >= 0.3 is 6.21 Å². The number of ketones is 2. The summed E-state index contributed by atoms with van der Waals surface area (Å²) >= 11 is 0. The van der Waals surface area contributed by atoms with E-state index in [1.807, 2.05) is 6.07 Å². The second kappa shape index (κ2) is 7.90. The third kappa shape index (κ3) is 4.82. The summed E-state index contributed by atoms with van der Waals surface area (Å²) in [5.74, 6) is -0.839. The molecule has 0 spiro atoms. The standard InChI is InChI=1S/C15H16N2O2/c1-2-3-7-13(10-14(18)11-17-16)15(19)12-8-5-4-6-9-12/h2,4-6,8-9,11,13H,1,3,7,10H2. The Morgan fingerprint density at radius 3 is 2.58 bits per heavy atom. The molecule has 0 fully saturated rings. The van der Waals surface area contributed by atoms with Gasteiger partial charge in [-0.05, 0) is 12.8 Å². The Morgan fingerprint density at radius 2 is 2.00 bits per heavy atom. The van der Waals surface area contributed by atoms with Crippen LogP contribution in [0.25, 0.3) is 5.53 Å². The van der Waals surface area contributed by atoms with E-state index in [9.17, 15) is 9.59 Å². The molecule has 0 heterocycles. The molecule has 0 bridgehead atoms. The van der Waals surface area contributed by atoms with E-state index in [1.165, 1.54) is 0 Å². The predicted molar refractivity (Wildman–Crippen MR) is 73.0 cm³/mol. The summed E-state index contributed by atoms with van der Waals surface area (Å²) in [6.07, 6.45) is 3.82. The summed E-state index contributed by atoms with van der Waals surface area (Å²) in [6.45, 7) is 3.62. The number of hydrogen-bond acceptors (Lipinski definition) is 2. The topological polar surface area (TPSA) is 70.5 Å². The van der Waals surface area contributed by atoms with Crippen LogP contribution in [0.5, 0.6) is 0 Å². The molecule has 0 radical (unpaired) electrons. The van der Waals surface area contributed by atoms with Crippen molar-refractivity contribution >= 4 is 17.8 Å². The van der Waals surface area contributed by atoms with E-state index in [2.05, 4.69) is 11.4 Å². The van der Waals surface area contributed by atoms with Crippen molar-refractivity contribution in [2.75, 3.05) is 0 Å². The number of benzene rings is 1. The number of carbonyl (C=O) groups is 2. The van der Waals surface area contributed by atoms with E-state index in [0.29, 0.717) is 18.4 Å². The predicted octanol–water partition coefficient (Wildman–Crippen LogP) is 2.71. The van der Waals surface area contributed by atoms with E-state index >= 15 is 0 Å². The third-order valence-electron chi connectivity index (χ3n) is 2.80. The molecule has 4 nitrogen and oxygen atoms in total. The highest BCUT2D eigenvalue weighted by molar-refractivity contribution is 6.26. The summed E-state index contributed by atoms with van der Waals surface area (Å²) in [4.78, 5) is 26.5. The molecule has 98 valence electrons. The van der Waals surface area contributed by atoms with Crippen molar-refractivity contribution in [3.8, 4) is 0 Å². The fourth-order valence-corrected chi connectivity index (χ4v) is 1.84. The zero-order chi connectivity index (χ0) is 14.1. The van der Waals surface area contributed by atoms with Gasteiger partial charge in [-0.2, -0.15) is 4.79 Å². The molecule has 0 amide bonds. The average Bonchev–Trinajstić information content (AvgIpc) is 2.44. The lowest BCUT2D eigenvalue weighted by atomic mass is 9.89. The van der Waals surface area contributed by atoms with Gasteiger partial charge in [0, 0.05) is 17.9 Å². The first-order valence-corrected chi connectivity index (χ1v) is 6.09. The first kappa shape index (κ1) is 14.7. The monoisotopic (exact) mass is 256 g/mol. The van der Waals surface area contributed by atoms with Crippen LogP contribution in [0, 0.1) is 5.92 Å². The Hall–Kier alpha value is -2.32. The van der Waals surface area contributed by atoms with Crippen molar-refractivity contribution in [1.82, 2.24) is 0 Å². The van der Waals surface area contributed by atoms with E-state index in [0.717, 1.165) is 6.21 Å². The largest absolute Gasteiger partial charge is 0.361 e. The third-order valence-corrected chi connectivity index (χ3v) is 2.80. The number of hydrogen-bond donors (Lipinski definition) is 0. The number of rotatable bonds is 8. The molecule has 0 aliphatic heterocycles. The highest BCUT2D eigenvalue weighted by atomic mass is 16.1. The van der Waals surface area contributed by atoms with Crippen LogP contribution in [0.15, 0.2) is 43.0 Å². The smallest absolute Gasteiger partial charge is 0.323 e. The number of allylic oxidation sites excluding steroid dienone is 1. The summed E-state index contributed by atoms with van der Waals surface area (Å²) in [5.41, 5.74) is 8.92. The lowest BCUT2D eigenvalue weighted by molar-refractivity contribution is -0.116. The Kier molecular flexibility index (Phi) is 6.13. The van der Waals surface area contributed by atoms with Crippen LogP contribution in [-0.2, 0) is 4.79 Å². The van der Waals surface area contributed by atoms with Crippen LogP contribution in [0.2, 0.25) is 0 Å². The van der Waals surface area contributed by atoms with Gasteiger partial charge in [0.2, 0.25) is 5.78 Å². The minimum Gasteiger partial charge on any atom is -0.361 e. The molecular weight excluding hydrogens is 240 g/mol. The molecule has 1 unspecified atom stereocenters. The fourth-order valence-electron chi connectivity index (χ4n) is 1.84. The molecule has 0 saturated heterocycles. The molecule has 1 aromatic rings. The van der Waals surface area contributed by atoms with Crippen LogP contribution in [0.4, 0.5) is 0 Å². The van der Waals surface area contributed by atoms with Crippen molar-refractivity contribution < 1.29 is 14.4 Å². The minimum atomic E-state index is -0.411. The van der Waals surface area contributed by atoms with Gasteiger partial charge in [-0.1, -0.05) is 36.4 Å². The Labute approximate surface area is 112 Å². The zero-order valence-corrected chi connectivity index (χ0v) is 10.7. The molecule has 0 aliphatic rings. The maximum atomic E-state index is 12.3. The van der Waals surface area contributed by atoms with Crippen LogP contribution < -0.4 is 0 Å². The molecule has 1 atom stereocenters. The van der Waals surface area contributed by atoms with Crippen molar-refractivity contribution in [3.63, 3.8) is 0 Å². The van der Waals surface area contributed by atoms with Crippen LogP contribution in [0.1, 0.15) is 29.6 Å². The van der Waals surface area contributed by atoms with Crippen LogP contribution in [-0.4, -0.2) is 22.6 Å². The van der Waals surface area contributed by atoms with Crippen molar-refractivity contribution in [2.45, 2.75) is 19.3 Å². The number of nitrogens with zero attached hydrogens (tertiary/aromatic N) is 2. The van der Waals surface area contributed by atoms with Gasteiger partial charge in [0.1, 0.15) is 0 Å². The maximum absolute atomic E-state index is 12.3. The van der Waals surface area contributed by atoms with Crippen LogP contribution >= 0.6 is 0 Å². The SMILES string of the molecule is C=CCCC(CC(=O)C=[N+]=[N-])C(=O)c1ccccc1. The van der Waals surface area contributed by atoms with Crippen molar-refractivity contribution in [1.29, 1.82) is 0 Å². The summed E-state index contributed by atoms with van der Waals surface area (Å²) in [7, 11) is 0. The molecule has 1 aromatic carbocycles. The van der Waals surface area contributed by atoms with Gasteiger partial charge in [-0.15, -0.1) is 6.58 Å². The number of Topliss-reactive ketones (excluding diaryl/α,β-unsaturated/α-hetero) is 2. The lowest BCUT2D eigenvalue weighted by Gasteiger charge is -2.12. The minimum absolute atomic E-state index is 0.0472. The van der Waals surface area contributed by atoms with Gasteiger partial charge in [0.05, 0.1) is 0 Å². The van der Waals surface area contributed by atoms with Crippen molar-refractivity contribution in [2.24, 2.45) is 5.92 Å². The Bertz CT molecular complexity index is 502. The Balaban J connectivity index is 2.83. The Morgan fingerprint density at radius 1 is 1.32 bits per heavy atom. The molecular formula is C15H16N2O2. The van der Waals surface area contributed by atoms with Gasteiger partial charge in [0.15, 0.2) is 5.78 Å². The first-order chi connectivity index (χ1) is 9.19. The molecule has 1 rings (SSSR count). The zero-order valence-electron chi connectivity index (χ0n) is 10.7. The number of carbonyl (C=O) groups excluding carboxylic acids is 2. The molecule has 0 saturated carbocycles. The van der Waals surface area contributed by atoms with Gasteiger partial charge < -0.3 is 5.53 Å². The summed E-state index contributed by atoms with van der Waals surface area (Å²) in [5, 5.41) is 0. The van der Waals surface area contributed by atoms with Gasteiger partial charge in [-0.25, -0.2) is 0 Å². The first-order valence-electron chi connectivity index (χ1n) is 6.09. The van der Waals surface area contributed by atoms with Gasteiger partial charge in [0.25, 0.3) is 0 Å². The second-order valence-electron chi connectivity index (χ2n) is 4.21. The molecule has 19 heavy (non-hydrogen) atoms. The van der Waals surface area contributed by atoms with Gasteiger partial charge in [-0.3, -0.25) is 9.59 Å². The van der Waals surface area contributed by atoms with E-state index in [1.54, 1.807) is 30.3 Å². The fraction of sp³-hybridized carbons (Fsp3) is 0.267. The molecule has 0 N–H and O–H groups in total. The van der Waals surface area contributed by atoms with E-state index in [-0.39, 0.29) is 18.0 Å². The summed E-state index contributed by atoms with van der Waals surface area (Å²) in [6, 6.07) is 8.87. The highest BCUT2D eigenvalue weighted by Crippen LogP contribution is 2.18. The normalized spacial score (nSPS) is 11.2. The maximum Gasteiger partial charge on any atom is 0.323 e. The molecule has 0 aliphatic carbocycles. The summed E-state index contributed by atoms with van der Waals surface area (Å²) < 4.78 is 0.